The van der Waals surface area contributed by atoms with Gasteiger partial charge in [0.2, 0.25) is 0 Å². The molecule has 52 heavy (non-hydrogen) atoms. The average molecular weight is 729 g/mol. The molecule has 2 amide bonds. The standard InChI is InChI=1S/C37H44N6O8Si/c1-23-34(52(4,5)30-12-10-29(50-3)11-13-30)33(15-17-41-22-27(16-18-44)39-40-41)51-37(23)31-20-28(43(48)49)9-14-32(31)42(36(37)47)21-25-7-6-8-26(19-25)38-35(46)24(2)45/h6-14,19-20,22-24,33-34,44-45H,15-18,21H2,1-5H3,(H,38,46)/t23-,24+,33+,34-,37+/m1/s1. The van der Waals surface area contributed by atoms with Gasteiger partial charge in [0.25, 0.3) is 17.5 Å². The van der Waals surface area contributed by atoms with Crippen LogP contribution in [0.5, 0.6) is 5.75 Å². The number of carbonyl (C=O) groups is 2. The molecule has 3 heterocycles. The number of nitrogens with zero attached hydrogens (tertiary/aromatic N) is 5. The predicted molar refractivity (Wildman–Crippen MR) is 196 cm³/mol. The Labute approximate surface area is 302 Å². The summed E-state index contributed by atoms with van der Waals surface area (Å²) in [4.78, 5) is 40.6. The fourth-order valence-electron chi connectivity index (χ4n) is 7.96. The number of carbonyl (C=O) groups excluding carboxylic acids is 2. The SMILES string of the molecule is COc1ccc([Si](C)(C)[C@H]2[C@H](CCn3cc(CCO)nn3)O[C@@]3(C(=O)N(Cc4cccc(NC(=O)[C@H](C)O)c4)c4ccc([N+](=O)[O-])cc43)[C@@H]2C)cc1. The number of aromatic nitrogens is 3. The number of nitro benzene ring substituents is 1. The number of amides is 2. The summed E-state index contributed by atoms with van der Waals surface area (Å²) in [5.74, 6) is -0.529. The zero-order valence-electron chi connectivity index (χ0n) is 29.9. The van der Waals surface area contributed by atoms with E-state index in [-0.39, 0.29) is 30.3 Å². The number of rotatable bonds is 13. The molecule has 0 radical (unpaired) electrons. The summed E-state index contributed by atoms with van der Waals surface area (Å²) in [7, 11) is -0.865. The Bertz CT molecular complexity index is 1970. The molecule has 6 rings (SSSR count). The van der Waals surface area contributed by atoms with Crippen LogP contribution >= 0.6 is 0 Å². The number of nitro groups is 1. The van der Waals surface area contributed by atoms with Gasteiger partial charge in [-0.2, -0.15) is 0 Å². The van der Waals surface area contributed by atoms with E-state index in [4.69, 9.17) is 9.47 Å². The van der Waals surface area contributed by atoms with Crippen molar-refractivity contribution in [3.63, 3.8) is 0 Å². The molecule has 5 atom stereocenters. The van der Waals surface area contributed by atoms with E-state index in [1.54, 1.807) is 47.2 Å². The number of aryl methyl sites for hydroxylation is 1. The quantitative estimate of drug-likeness (QED) is 0.104. The van der Waals surface area contributed by atoms with Gasteiger partial charge in [-0.3, -0.25) is 24.4 Å². The summed E-state index contributed by atoms with van der Waals surface area (Å²) < 4.78 is 14.3. The van der Waals surface area contributed by atoms with Crippen LogP contribution in [0, 0.1) is 16.0 Å². The second kappa shape index (κ2) is 14.6. The number of anilines is 2. The molecule has 274 valence electrons. The number of fused-ring (bicyclic) bond motifs is 2. The van der Waals surface area contributed by atoms with Gasteiger partial charge in [0.1, 0.15) is 11.9 Å². The minimum atomic E-state index is -2.49. The Morgan fingerprint density at radius 2 is 1.92 bits per heavy atom. The van der Waals surface area contributed by atoms with E-state index >= 15 is 4.79 Å². The minimum Gasteiger partial charge on any atom is -0.497 e. The number of non-ortho nitro benzene ring substituents is 1. The third-order valence-corrected chi connectivity index (χ3v) is 14.9. The van der Waals surface area contributed by atoms with E-state index in [2.05, 4.69) is 40.9 Å². The van der Waals surface area contributed by atoms with Crippen LogP contribution in [0.4, 0.5) is 17.1 Å². The molecule has 1 saturated heterocycles. The molecule has 1 spiro atoms. The van der Waals surface area contributed by atoms with Crippen LogP contribution in [0.3, 0.4) is 0 Å². The van der Waals surface area contributed by atoms with Crippen LogP contribution < -0.4 is 20.1 Å². The number of hydrogen-bond donors (Lipinski definition) is 3. The van der Waals surface area contributed by atoms with Crippen LogP contribution in [-0.4, -0.2) is 75.9 Å². The van der Waals surface area contributed by atoms with E-state index in [0.717, 1.165) is 10.9 Å². The number of hydrogen-bond acceptors (Lipinski definition) is 10. The molecule has 2 aliphatic heterocycles. The first-order chi connectivity index (χ1) is 24.8. The van der Waals surface area contributed by atoms with Gasteiger partial charge >= 0.3 is 0 Å². The zero-order chi connectivity index (χ0) is 37.4. The lowest BCUT2D eigenvalue weighted by molar-refractivity contribution is -0.385. The second-order valence-corrected chi connectivity index (χ2v) is 18.8. The van der Waals surface area contributed by atoms with Gasteiger partial charge in [0.15, 0.2) is 5.60 Å². The van der Waals surface area contributed by atoms with Crippen molar-refractivity contribution in [1.29, 1.82) is 0 Å². The van der Waals surface area contributed by atoms with Crippen LogP contribution in [-0.2, 0) is 39.4 Å². The highest BCUT2D eigenvalue weighted by Crippen LogP contribution is 2.60. The molecule has 0 unspecified atom stereocenters. The van der Waals surface area contributed by atoms with Crippen LogP contribution in [0.15, 0.2) is 72.9 Å². The summed E-state index contributed by atoms with van der Waals surface area (Å²) in [5, 5.41) is 43.5. The van der Waals surface area contributed by atoms with Gasteiger partial charge in [-0.25, -0.2) is 0 Å². The fourth-order valence-corrected chi connectivity index (χ4v) is 12.0. The lowest BCUT2D eigenvalue weighted by Crippen LogP contribution is -2.51. The summed E-state index contributed by atoms with van der Waals surface area (Å²) in [5.41, 5.74) is 1.03. The predicted octanol–water partition coefficient (Wildman–Crippen LogP) is 3.90. The van der Waals surface area contributed by atoms with Crippen LogP contribution in [0.1, 0.15) is 37.1 Å². The number of benzene rings is 3. The van der Waals surface area contributed by atoms with E-state index < -0.39 is 42.6 Å². The molecule has 15 heteroatoms. The molecule has 1 fully saturated rings. The highest BCUT2D eigenvalue weighted by molar-refractivity contribution is 6.91. The highest BCUT2D eigenvalue weighted by Gasteiger charge is 2.66. The molecule has 3 N–H and O–H groups in total. The van der Waals surface area contributed by atoms with Gasteiger partial charge in [0, 0.05) is 55.1 Å². The van der Waals surface area contributed by atoms with E-state index in [0.29, 0.717) is 47.6 Å². The number of nitrogens with one attached hydrogen (secondary N) is 1. The summed E-state index contributed by atoms with van der Waals surface area (Å²) >= 11 is 0. The van der Waals surface area contributed by atoms with E-state index in [9.17, 15) is 25.1 Å². The van der Waals surface area contributed by atoms with Crippen molar-refractivity contribution in [2.24, 2.45) is 5.92 Å². The van der Waals surface area contributed by atoms with Crippen LogP contribution in [0.25, 0.3) is 0 Å². The van der Waals surface area contributed by atoms with E-state index in [1.807, 2.05) is 25.1 Å². The lowest BCUT2D eigenvalue weighted by Gasteiger charge is -2.37. The number of methoxy groups -OCH3 is 1. The average Bonchev–Trinajstić information content (AvgIpc) is 3.77. The molecule has 2 aliphatic rings. The van der Waals surface area contributed by atoms with E-state index in [1.165, 1.54) is 19.1 Å². The molecule has 3 aromatic carbocycles. The Morgan fingerprint density at radius 3 is 2.60 bits per heavy atom. The monoisotopic (exact) mass is 728 g/mol. The third kappa shape index (κ3) is 6.72. The summed E-state index contributed by atoms with van der Waals surface area (Å²) in [6, 6.07) is 19.5. The molecule has 0 aliphatic carbocycles. The molecular weight excluding hydrogens is 685 g/mol. The third-order valence-electron chi connectivity index (χ3n) is 10.5. The van der Waals surface area contributed by atoms with Gasteiger partial charge < -0.3 is 29.9 Å². The highest BCUT2D eigenvalue weighted by atomic mass is 28.3. The zero-order valence-corrected chi connectivity index (χ0v) is 30.9. The maximum atomic E-state index is 15.1. The largest absolute Gasteiger partial charge is 0.497 e. The first-order valence-corrected chi connectivity index (χ1v) is 20.4. The van der Waals surface area contributed by atoms with Crippen molar-refractivity contribution in [2.75, 3.05) is 23.9 Å². The molecule has 14 nitrogen and oxygen atoms in total. The van der Waals surface area contributed by atoms with Crippen molar-refractivity contribution in [3.05, 3.63) is 99.9 Å². The van der Waals surface area contributed by atoms with Crippen molar-refractivity contribution in [1.82, 2.24) is 15.0 Å². The maximum absolute atomic E-state index is 15.1. The molecule has 0 saturated carbocycles. The first kappa shape index (κ1) is 36.8. The number of ether oxygens (including phenoxy) is 2. The molecule has 1 aromatic heterocycles. The Hall–Kier alpha value is -4.96. The number of aliphatic hydroxyl groups excluding tert-OH is 2. The summed E-state index contributed by atoms with van der Waals surface area (Å²) in [6.07, 6.45) is 1.04. The van der Waals surface area contributed by atoms with Crippen molar-refractivity contribution >= 4 is 42.1 Å². The van der Waals surface area contributed by atoms with Crippen molar-refractivity contribution in [3.8, 4) is 5.75 Å². The Kier molecular flexibility index (Phi) is 10.3. The second-order valence-electron chi connectivity index (χ2n) is 14.1. The Balaban J connectivity index is 1.42. The number of aliphatic hydroxyl groups is 2. The minimum absolute atomic E-state index is 0.0425. The first-order valence-electron chi connectivity index (χ1n) is 17.3. The smallest absolute Gasteiger partial charge is 0.269 e. The van der Waals surface area contributed by atoms with Crippen molar-refractivity contribution in [2.45, 2.75) is 76.2 Å². The fraction of sp³-hybridized carbons (Fsp3) is 0.405. The topological polar surface area (TPSA) is 182 Å². The van der Waals surface area contributed by atoms with Crippen LogP contribution in [0.2, 0.25) is 18.6 Å². The maximum Gasteiger partial charge on any atom is 0.269 e. The molecule has 4 aromatic rings. The van der Waals surface area contributed by atoms with Gasteiger partial charge in [-0.1, -0.05) is 54.7 Å². The van der Waals surface area contributed by atoms with Gasteiger partial charge in [-0.05, 0) is 54.8 Å². The summed E-state index contributed by atoms with van der Waals surface area (Å²) in [6.45, 7) is 8.44. The molecular formula is C37H44N6O8Si. The van der Waals surface area contributed by atoms with Gasteiger partial charge in [-0.15, -0.1) is 5.10 Å². The lowest BCUT2D eigenvalue weighted by atomic mass is 9.82. The normalized spacial score (nSPS) is 21.7. The Morgan fingerprint density at radius 1 is 1.17 bits per heavy atom. The van der Waals surface area contributed by atoms with Gasteiger partial charge in [0.05, 0.1) is 44.1 Å². The van der Waals surface area contributed by atoms with Crippen molar-refractivity contribution < 1.29 is 34.2 Å². The molecule has 0 bridgehead atoms.